The number of nitrogens with one attached hydrogen (secondary N) is 5. The Hall–Kier alpha value is -7.08. The van der Waals surface area contributed by atoms with Gasteiger partial charge in [0.05, 0.1) is 71.7 Å². The number of fused-ring (bicyclic) bond motifs is 4. The molecule has 0 heterocycles. The number of hydrogen-bond acceptors (Lipinski definition) is 13. The molecule has 0 bridgehead atoms. The van der Waals surface area contributed by atoms with Crippen LogP contribution in [0.3, 0.4) is 0 Å². The van der Waals surface area contributed by atoms with Crippen molar-refractivity contribution in [1.29, 1.82) is 0 Å². The first-order valence-corrected chi connectivity index (χ1v) is 20.5. The number of hydrogen-bond donors (Lipinski definition) is 5. The Morgan fingerprint density at radius 1 is 0.500 bits per heavy atom. The van der Waals surface area contributed by atoms with Crippen LogP contribution in [0.5, 0.6) is 0 Å². The zero-order valence-corrected chi connectivity index (χ0v) is 36.3. The summed E-state index contributed by atoms with van der Waals surface area (Å²) in [5, 5.41) is 13.1. The predicted octanol–water partition coefficient (Wildman–Crippen LogP) is 4.90. The van der Waals surface area contributed by atoms with Crippen LogP contribution in [0.2, 0.25) is 0 Å². The molecule has 64 heavy (non-hydrogen) atoms. The molecule has 0 radical (unpaired) electrons. The van der Waals surface area contributed by atoms with Gasteiger partial charge >= 0.3 is 11.9 Å². The van der Waals surface area contributed by atoms with Crippen molar-refractivity contribution < 1.29 is 57.4 Å². The highest BCUT2D eigenvalue weighted by Gasteiger charge is 2.36. The fraction of sp³-hybridized carbons (Fsp3) is 0.244. The molecule has 0 aromatic heterocycles. The lowest BCUT2D eigenvalue weighted by Gasteiger charge is -2.23. The second-order valence-corrected chi connectivity index (χ2v) is 14.8. The van der Waals surface area contributed by atoms with Crippen LogP contribution in [-0.4, -0.2) is 97.3 Å². The van der Waals surface area contributed by atoms with Crippen molar-refractivity contribution in [2.45, 2.75) is 32.7 Å². The first-order valence-electron chi connectivity index (χ1n) is 19.5. The van der Waals surface area contributed by atoms with E-state index < -0.39 is 70.7 Å². The Balaban J connectivity index is 0.000000258. The lowest BCUT2D eigenvalue weighted by atomic mass is 9.82. The van der Waals surface area contributed by atoms with Gasteiger partial charge in [-0.2, -0.15) is 0 Å². The molecule has 0 aliphatic heterocycles. The molecule has 0 fully saturated rings. The Bertz CT molecular complexity index is 2440. The smallest absolute Gasteiger partial charge is 0.322 e. The summed E-state index contributed by atoms with van der Waals surface area (Å²) in [5.41, 5.74) is 1.50. The van der Waals surface area contributed by atoms with Crippen molar-refractivity contribution in [3.05, 3.63) is 117 Å². The summed E-state index contributed by atoms with van der Waals surface area (Å²) < 4.78 is 9.27. The van der Waals surface area contributed by atoms with Gasteiger partial charge in [0.25, 0.3) is 0 Å². The summed E-state index contributed by atoms with van der Waals surface area (Å²) in [6, 6.07) is 17.5. The molecule has 2 aliphatic rings. The van der Waals surface area contributed by atoms with Crippen LogP contribution < -0.4 is 26.6 Å². The van der Waals surface area contributed by atoms with Crippen LogP contribution in [-0.2, 0) is 38.2 Å². The van der Waals surface area contributed by atoms with Gasteiger partial charge in [-0.1, -0.05) is 55.5 Å². The van der Waals surface area contributed by atoms with E-state index in [-0.39, 0.29) is 98.4 Å². The molecule has 332 valence electrons. The number of methoxy groups -OCH3 is 2. The van der Waals surface area contributed by atoms with Gasteiger partial charge in [0, 0.05) is 28.7 Å². The minimum Gasteiger partial charge on any atom is -0.469 e. The standard InChI is InChI=1S/C27H29N3O8.C18H12Cl2N2O4/c1-14(26(35)37-3)11-12-20(31)29-18-9-5-7-16-22(18)24(33)17-8-6-10-19(23(17)25(16)34)30-21(32)13-28-15(2)27(36)38-4;19-7-13(23)21-11-5-1-3-9-15(11)18(26)10-4-2-6-12(16(10)17(9)25)22-14(24)8-20/h5-10,14-15,28H,11-13H2,1-4H3,(H,29,31)(H,30,32);1-6H,7-8H2,(H,21,23)(H,22,24)/t14-,15+;/m0./s1. The Morgan fingerprint density at radius 3 is 1.16 bits per heavy atom. The number of benzene rings is 4. The quantitative estimate of drug-likeness (QED) is 0.0722. The summed E-state index contributed by atoms with van der Waals surface area (Å²) >= 11 is 11.0. The largest absolute Gasteiger partial charge is 0.469 e. The molecule has 0 saturated heterocycles. The third kappa shape index (κ3) is 10.6. The van der Waals surface area contributed by atoms with E-state index in [1.165, 1.54) is 68.8 Å². The van der Waals surface area contributed by atoms with Crippen molar-refractivity contribution in [3.63, 3.8) is 0 Å². The Morgan fingerprint density at radius 2 is 0.828 bits per heavy atom. The molecule has 0 saturated carbocycles. The van der Waals surface area contributed by atoms with Crippen molar-refractivity contribution in [2.24, 2.45) is 5.92 Å². The van der Waals surface area contributed by atoms with Crippen LogP contribution in [0.25, 0.3) is 0 Å². The summed E-state index contributed by atoms with van der Waals surface area (Å²) in [4.78, 5) is 124. The molecule has 4 amide bonds. The van der Waals surface area contributed by atoms with E-state index in [4.69, 9.17) is 23.2 Å². The van der Waals surface area contributed by atoms with Gasteiger partial charge in [-0.25, -0.2) is 0 Å². The van der Waals surface area contributed by atoms with E-state index in [2.05, 4.69) is 36.1 Å². The average molecular weight is 915 g/mol. The molecule has 6 rings (SSSR count). The van der Waals surface area contributed by atoms with E-state index in [0.717, 1.165) is 0 Å². The normalized spacial score (nSPS) is 13.0. The number of ether oxygens (including phenoxy) is 2. The fourth-order valence-electron chi connectivity index (χ4n) is 6.85. The van der Waals surface area contributed by atoms with Gasteiger partial charge in [-0.3, -0.25) is 53.3 Å². The van der Waals surface area contributed by atoms with Crippen LogP contribution in [0.1, 0.15) is 90.4 Å². The van der Waals surface area contributed by atoms with Gasteiger partial charge in [-0.05, 0) is 37.6 Å². The second-order valence-electron chi connectivity index (χ2n) is 14.3. The monoisotopic (exact) mass is 913 g/mol. The summed E-state index contributed by atoms with van der Waals surface area (Å²) in [7, 11) is 2.51. The van der Waals surface area contributed by atoms with Gasteiger partial charge in [0.1, 0.15) is 17.8 Å². The lowest BCUT2D eigenvalue weighted by molar-refractivity contribution is -0.145. The number of rotatable bonds is 14. The van der Waals surface area contributed by atoms with Crippen LogP contribution in [0.4, 0.5) is 22.7 Å². The van der Waals surface area contributed by atoms with Gasteiger partial charge in [0.2, 0.25) is 23.6 Å². The maximum Gasteiger partial charge on any atom is 0.322 e. The van der Waals surface area contributed by atoms with Crippen molar-refractivity contribution in [2.75, 3.05) is 53.8 Å². The highest BCUT2D eigenvalue weighted by Crippen LogP contribution is 2.37. The fourth-order valence-corrected chi connectivity index (χ4v) is 6.98. The third-order valence-electron chi connectivity index (χ3n) is 10.0. The molecule has 17 nitrogen and oxygen atoms in total. The summed E-state index contributed by atoms with van der Waals surface area (Å²) in [6.07, 6.45) is 0.261. The number of amides is 4. The molecule has 19 heteroatoms. The molecular weight excluding hydrogens is 873 g/mol. The SMILES string of the molecule is COC(=O)[C@@H](C)CCC(=O)Nc1cccc2c1C(=O)c1cccc(NC(=O)CN[C@H](C)C(=O)OC)c1C2=O.O=C(CCl)Nc1cccc2c1C(=O)c1cccc(NC(=O)CCl)c1C2=O. The number of anilines is 4. The summed E-state index contributed by atoms with van der Waals surface area (Å²) in [6.45, 7) is 2.96. The van der Waals surface area contributed by atoms with E-state index >= 15 is 0 Å². The van der Waals surface area contributed by atoms with Crippen LogP contribution >= 0.6 is 23.2 Å². The number of carbonyl (C=O) groups is 10. The molecular formula is C45H41Cl2N5O12. The first-order chi connectivity index (χ1) is 30.6. The molecule has 4 aromatic carbocycles. The summed E-state index contributed by atoms with van der Waals surface area (Å²) in [5.74, 6) is -5.76. The number of carbonyl (C=O) groups excluding carboxylic acids is 10. The highest BCUT2D eigenvalue weighted by molar-refractivity contribution is 6.35. The lowest BCUT2D eigenvalue weighted by Crippen LogP contribution is -2.40. The van der Waals surface area contributed by atoms with Crippen molar-refractivity contribution in [1.82, 2.24) is 5.32 Å². The maximum atomic E-state index is 13.5. The topological polar surface area (TPSA) is 249 Å². The van der Waals surface area contributed by atoms with Crippen LogP contribution in [0.15, 0.2) is 72.8 Å². The minimum absolute atomic E-state index is 0.0114. The molecule has 2 atom stereocenters. The Kier molecular flexibility index (Phi) is 16.0. The second kappa shape index (κ2) is 21.3. The Labute approximate surface area is 375 Å². The first kappa shape index (κ1) is 48.0. The highest BCUT2D eigenvalue weighted by atomic mass is 35.5. The van der Waals surface area contributed by atoms with Crippen molar-refractivity contribution in [3.8, 4) is 0 Å². The van der Waals surface area contributed by atoms with Gasteiger partial charge in [-0.15, -0.1) is 23.2 Å². The van der Waals surface area contributed by atoms with Crippen molar-refractivity contribution >= 4 is 105 Å². The number of alkyl halides is 2. The van der Waals surface area contributed by atoms with E-state index in [9.17, 15) is 47.9 Å². The molecule has 5 N–H and O–H groups in total. The van der Waals surface area contributed by atoms with Crippen LogP contribution in [0, 0.1) is 5.92 Å². The molecule has 2 aliphatic carbocycles. The molecule has 0 unspecified atom stereocenters. The predicted molar refractivity (Wildman–Crippen MR) is 235 cm³/mol. The number of esters is 2. The van der Waals surface area contributed by atoms with E-state index in [0.29, 0.717) is 0 Å². The van der Waals surface area contributed by atoms with Gasteiger partial charge in [0.15, 0.2) is 23.1 Å². The average Bonchev–Trinajstić information content (AvgIpc) is 3.30. The number of ketones is 4. The third-order valence-corrected chi connectivity index (χ3v) is 10.5. The van der Waals surface area contributed by atoms with E-state index in [1.807, 2.05) is 0 Å². The van der Waals surface area contributed by atoms with E-state index in [1.54, 1.807) is 32.0 Å². The molecule has 0 spiro atoms. The van der Waals surface area contributed by atoms with Gasteiger partial charge < -0.3 is 30.7 Å². The molecule has 4 aromatic rings. The minimum atomic E-state index is -0.720. The maximum absolute atomic E-state index is 13.5. The zero-order chi connectivity index (χ0) is 46.8. The number of halogens is 2. The zero-order valence-electron chi connectivity index (χ0n) is 34.8.